The second-order valence-corrected chi connectivity index (χ2v) is 5.01. The molecule has 2 N–H and O–H groups in total. The molecule has 0 aliphatic carbocycles. The molecule has 0 saturated carbocycles. The number of aryl methyl sites for hydroxylation is 1. The second kappa shape index (κ2) is 7.30. The van der Waals surface area contributed by atoms with Crippen LogP contribution in [-0.4, -0.2) is 23.1 Å². The molecule has 8 heteroatoms. The van der Waals surface area contributed by atoms with Crippen LogP contribution in [0.25, 0.3) is 0 Å². The maximum Gasteiger partial charge on any atom is 0.248 e. The van der Waals surface area contributed by atoms with Gasteiger partial charge in [-0.25, -0.2) is 4.98 Å². The summed E-state index contributed by atoms with van der Waals surface area (Å²) in [6, 6.07) is 9.09. The minimum Gasteiger partial charge on any atom is -0.437 e. The number of halogens is 1. The fourth-order valence-corrected chi connectivity index (χ4v) is 1.99. The summed E-state index contributed by atoms with van der Waals surface area (Å²) in [7, 11) is 0. The lowest BCUT2D eigenvalue weighted by atomic mass is 10.2. The number of nitriles is 2. The van der Waals surface area contributed by atoms with Gasteiger partial charge in [0.05, 0.1) is 12.1 Å². The summed E-state index contributed by atoms with van der Waals surface area (Å²) >= 11 is 5.98. The van der Waals surface area contributed by atoms with Gasteiger partial charge in [-0.2, -0.15) is 15.5 Å². The van der Waals surface area contributed by atoms with Crippen molar-refractivity contribution in [3.63, 3.8) is 0 Å². The largest absolute Gasteiger partial charge is 0.437 e. The molecule has 0 fully saturated rings. The normalized spacial score (nSPS) is 9.74. The van der Waals surface area contributed by atoms with Crippen LogP contribution >= 0.6 is 11.6 Å². The summed E-state index contributed by atoms with van der Waals surface area (Å²) in [5.41, 5.74) is 7.04. The molecule has 2 rings (SSSR count). The Labute approximate surface area is 138 Å². The van der Waals surface area contributed by atoms with Crippen molar-refractivity contribution < 1.29 is 4.74 Å². The molecule has 1 aromatic heterocycles. The van der Waals surface area contributed by atoms with Gasteiger partial charge >= 0.3 is 0 Å². The predicted molar refractivity (Wildman–Crippen MR) is 86.1 cm³/mol. The lowest BCUT2D eigenvalue weighted by Gasteiger charge is -2.19. The van der Waals surface area contributed by atoms with Gasteiger partial charge in [0, 0.05) is 5.02 Å². The minimum absolute atomic E-state index is 0.0196. The first kappa shape index (κ1) is 16.3. The van der Waals surface area contributed by atoms with E-state index < -0.39 is 0 Å². The first-order valence-corrected chi connectivity index (χ1v) is 6.98. The predicted octanol–water partition coefficient (Wildman–Crippen LogP) is 2.67. The Morgan fingerprint density at radius 3 is 2.57 bits per heavy atom. The maximum atomic E-state index is 8.85. The molecule has 1 aromatic carbocycles. The van der Waals surface area contributed by atoms with E-state index in [0.717, 1.165) is 5.56 Å². The van der Waals surface area contributed by atoms with E-state index in [1.54, 1.807) is 18.2 Å². The van der Waals surface area contributed by atoms with Crippen molar-refractivity contribution in [3.05, 3.63) is 35.1 Å². The number of ether oxygens (including phenoxy) is 1. The average Bonchev–Trinajstić information content (AvgIpc) is 2.53. The van der Waals surface area contributed by atoms with E-state index in [1.165, 1.54) is 11.2 Å². The first-order chi connectivity index (χ1) is 11.1. The molecule has 0 radical (unpaired) electrons. The van der Waals surface area contributed by atoms with Crippen LogP contribution in [0.2, 0.25) is 5.02 Å². The third-order valence-corrected chi connectivity index (χ3v) is 3.42. The third kappa shape index (κ3) is 3.79. The van der Waals surface area contributed by atoms with Gasteiger partial charge in [0.2, 0.25) is 5.88 Å². The van der Waals surface area contributed by atoms with Crippen LogP contribution < -0.4 is 15.4 Å². The summed E-state index contributed by atoms with van der Waals surface area (Å²) < 4.78 is 5.66. The van der Waals surface area contributed by atoms with Gasteiger partial charge < -0.3 is 15.4 Å². The molecular formula is C15H13ClN6O. The number of nitrogens with zero attached hydrogens (tertiary/aromatic N) is 5. The monoisotopic (exact) mass is 328 g/mol. The van der Waals surface area contributed by atoms with Crippen LogP contribution in [0.5, 0.6) is 11.6 Å². The fraction of sp³-hybridized carbons (Fsp3) is 0.200. The molecule has 1 heterocycles. The molecule has 0 atom stereocenters. The van der Waals surface area contributed by atoms with E-state index in [1.807, 2.05) is 19.1 Å². The van der Waals surface area contributed by atoms with Crippen molar-refractivity contribution in [2.24, 2.45) is 0 Å². The number of hydrogen-bond acceptors (Lipinski definition) is 7. The highest BCUT2D eigenvalue weighted by atomic mass is 35.5. The lowest BCUT2D eigenvalue weighted by Crippen LogP contribution is -2.26. The zero-order valence-corrected chi connectivity index (χ0v) is 13.1. The van der Waals surface area contributed by atoms with E-state index in [4.69, 9.17) is 32.6 Å². The van der Waals surface area contributed by atoms with E-state index in [-0.39, 0.29) is 30.5 Å². The summed E-state index contributed by atoms with van der Waals surface area (Å²) in [5, 5.41) is 18.3. The molecule has 2 aromatic rings. The van der Waals surface area contributed by atoms with Crippen LogP contribution in [0.4, 0.5) is 11.5 Å². The van der Waals surface area contributed by atoms with Crippen molar-refractivity contribution >= 4 is 23.1 Å². The van der Waals surface area contributed by atoms with Crippen molar-refractivity contribution in [2.45, 2.75) is 6.92 Å². The zero-order valence-electron chi connectivity index (χ0n) is 12.3. The molecule has 7 nitrogen and oxygen atoms in total. The Bertz CT molecular complexity index is 780. The van der Waals surface area contributed by atoms with Gasteiger partial charge in [-0.1, -0.05) is 11.6 Å². The molecule has 0 aliphatic rings. The molecule has 0 unspecified atom stereocenters. The number of hydrogen-bond donors (Lipinski definition) is 1. The summed E-state index contributed by atoms with van der Waals surface area (Å²) in [6.07, 6.45) is 1.27. The highest BCUT2D eigenvalue weighted by molar-refractivity contribution is 6.31. The Morgan fingerprint density at radius 1 is 1.26 bits per heavy atom. The van der Waals surface area contributed by atoms with Crippen molar-refractivity contribution in [3.8, 4) is 23.8 Å². The fourth-order valence-electron chi connectivity index (χ4n) is 1.87. The van der Waals surface area contributed by atoms with Gasteiger partial charge in [-0.3, -0.25) is 0 Å². The van der Waals surface area contributed by atoms with Gasteiger partial charge in [0.1, 0.15) is 30.9 Å². The SMILES string of the molecule is Cc1cc(Oc2ncnc(N(CC#N)CC#N)c2N)ccc1Cl. The topological polar surface area (TPSA) is 112 Å². The Kier molecular flexibility index (Phi) is 5.19. The number of aromatic nitrogens is 2. The van der Waals surface area contributed by atoms with Crippen LogP contribution in [0.3, 0.4) is 0 Å². The number of nitrogens with two attached hydrogens (primary N) is 1. The van der Waals surface area contributed by atoms with E-state index in [0.29, 0.717) is 10.8 Å². The number of rotatable bonds is 5. The van der Waals surface area contributed by atoms with Gasteiger partial charge in [-0.05, 0) is 30.7 Å². The van der Waals surface area contributed by atoms with Crippen LogP contribution in [0.15, 0.2) is 24.5 Å². The molecule has 116 valence electrons. The van der Waals surface area contributed by atoms with Crippen LogP contribution in [0.1, 0.15) is 5.56 Å². The summed E-state index contributed by atoms with van der Waals surface area (Å²) in [5.74, 6) is 0.955. The second-order valence-electron chi connectivity index (χ2n) is 4.60. The summed E-state index contributed by atoms with van der Waals surface area (Å²) in [6.45, 7) is 1.81. The van der Waals surface area contributed by atoms with Crippen LogP contribution in [-0.2, 0) is 0 Å². The smallest absolute Gasteiger partial charge is 0.248 e. The van der Waals surface area contributed by atoms with Crippen molar-refractivity contribution in [1.29, 1.82) is 10.5 Å². The maximum absolute atomic E-state index is 8.85. The standard InChI is InChI=1S/C15H13ClN6O/c1-10-8-11(2-3-12(10)16)23-15-13(19)14(20-9-21-15)22(6-4-17)7-5-18/h2-3,8-9H,6-7,19H2,1H3. The highest BCUT2D eigenvalue weighted by Crippen LogP contribution is 2.32. The molecule has 0 aliphatic heterocycles. The van der Waals surface area contributed by atoms with Crippen molar-refractivity contribution in [2.75, 3.05) is 23.7 Å². The highest BCUT2D eigenvalue weighted by Gasteiger charge is 2.16. The lowest BCUT2D eigenvalue weighted by molar-refractivity contribution is 0.464. The van der Waals surface area contributed by atoms with Gasteiger partial charge in [0.15, 0.2) is 5.82 Å². The molecule has 0 spiro atoms. The minimum atomic E-state index is -0.0196. The van der Waals surface area contributed by atoms with Crippen LogP contribution in [0, 0.1) is 29.6 Å². The Balaban J connectivity index is 2.34. The number of benzene rings is 1. The molecule has 0 bridgehead atoms. The molecule has 0 amide bonds. The van der Waals surface area contributed by atoms with E-state index >= 15 is 0 Å². The molecular weight excluding hydrogens is 316 g/mol. The Hall–Kier alpha value is -3.03. The van der Waals surface area contributed by atoms with E-state index in [9.17, 15) is 0 Å². The number of nitrogen functional groups attached to an aromatic ring is 1. The molecule has 0 saturated heterocycles. The average molecular weight is 329 g/mol. The van der Waals surface area contributed by atoms with Gasteiger partial charge in [0.25, 0.3) is 0 Å². The summed E-state index contributed by atoms with van der Waals surface area (Å²) in [4.78, 5) is 9.48. The van der Waals surface area contributed by atoms with E-state index in [2.05, 4.69) is 9.97 Å². The third-order valence-electron chi connectivity index (χ3n) is 2.99. The Morgan fingerprint density at radius 2 is 1.96 bits per heavy atom. The van der Waals surface area contributed by atoms with Crippen molar-refractivity contribution in [1.82, 2.24) is 9.97 Å². The number of anilines is 2. The first-order valence-electron chi connectivity index (χ1n) is 6.60. The zero-order chi connectivity index (χ0) is 16.8. The van der Waals surface area contributed by atoms with Gasteiger partial charge in [-0.15, -0.1) is 0 Å². The molecule has 23 heavy (non-hydrogen) atoms. The quantitative estimate of drug-likeness (QED) is 0.839.